The number of aliphatic hydroxyl groups excluding tert-OH is 1. The highest BCUT2D eigenvalue weighted by Gasteiger charge is 2.58. The largest absolute Gasteiger partial charge is 0.509 e. The summed E-state index contributed by atoms with van der Waals surface area (Å²) in [6.45, 7) is 0.543. The Kier molecular flexibility index (Phi) is 5.80. The van der Waals surface area contributed by atoms with Gasteiger partial charge in [0.25, 0.3) is 0 Å². The van der Waals surface area contributed by atoms with Gasteiger partial charge in [0.15, 0.2) is 29.2 Å². The van der Waals surface area contributed by atoms with Gasteiger partial charge in [0.1, 0.15) is 12.7 Å². The predicted molar refractivity (Wildman–Crippen MR) is 108 cm³/mol. The molecule has 0 saturated carbocycles. The van der Waals surface area contributed by atoms with Crippen LogP contribution in [0.4, 0.5) is 15.1 Å². The van der Waals surface area contributed by atoms with Crippen molar-refractivity contribution in [2.75, 3.05) is 19.5 Å². The number of aromatic nitrogens is 4. The van der Waals surface area contributed by atoms with Gasteiger partial charge in [-0.25, -0.2) is 14.2 Å². The molecular formula is C20H22FN5O6. The first-order valence-corrected chi connectivity index (χ1v) is 9.71. The van der Waals surface area contributed by atoms with Crippen LogP contribution in [0, 0.1) is 0 Å². The minimum absolute atomic E-state index is 0.0500. The van der Waals surface area contributed by atoms with Crippen molar-refractivity contribution in [1.29, 1.82) is 0 Å². The fourth-order valence-electron chi connectivity index (χ4n) is 3.62. The van der Waals surface area contributed by atoms with E-state index in [9.17, 15) is 9.90 Å². The minimum atomic E-state index is -2.28. The second-order valence-corrected chi connectivity index (χ2v) is 7.34. The number of imidazole rings is 1. The van der Waals surface area contributed by atoms with Gasteiger partial charge in [-0.05, 0) is 12.5 Å². The van der Waals surface area contributed by atoms with Crippen LogP contribution in [0.3, 0.4) is 0 Å². The first kappa shape index (κ1) is 21.7. The van der Waals surface area contributed by atoms with E-state index in [2.05, 4.69) is 15.0 Å². The third-order valence-electron chi connectivity index (χ3n) is 5.14. The minimum Gasteiger partial charge on any atom is -0.479 e. The molecule has 32 heavy (non-hydrogen) atoms. The number of nitrogens with zero attached hydrogens (tertiary/aromatic N) is 4. The lowest BCUT2D eigenvalue weighted by Gasteiger charge is -2.27. The Morgan fingerprint density at radius 2 is 2.09 bits per heavy atom. The number of hydrogen-bond acceptors (Lipinski definition) is 10. The van der Waals surface area contributed by atoms with Crippen molar-refractivity contribution in [1.82, 2.24) is 19.5 Å². The van der Waals surface area contributed by atoms with Gasteiger partial charge in [-0.2, -0.15) is 9.97 Å². The van der Waals surface area contributed by atoms with Crippen molar-refractivity contribution in [2.45, 2.75) is 37.6 Å². The Hall–Kier alpha value is -3.51. The van der Waals surface area contributed by atoms with Crippen molar-refractivity contribution in [3.8, 4) is 5.88 Å². The average molecular weight is 447 g/mol. The van der Waals surface area contributed by atoms with E-state index in [1.165, 1.54) is 24.9 Å². The van der Waals surface area contributed by atoms with Gasteiger partial charge >= 0.3 is 6.16 Å². The maximum absolute atomic E-state index is 16.0. The molecule has 11 nitrogen and oxygen atoms in total. The highest BCUT2D eigenvalue weighted by molar-refractivity contribution is 5.77. The Bertz CT molecular complexity index is 1110. The van der Waals surface area contributed by atoms with Crippen LogP contribution in [-0.4, -0.2) is 62.4 Å². The quantitative estimate of drug-likeness (QED) is 0.536. The van der Waals surface area contributed by atoms with Crippen LogP contribution in [-0.2, 0) is 20.8 Å². The van der Waals surface area contributed by atoms with Crippen molar-refractivity contribution in [3.05, 3.63) is 42.2 Å². The summed E-state index contributed by atoms with van der Waals surface area (Å²) in [6.07, 6.45) is -3.75. The van der Waals surface area contributed by atoms with E-state index >= 15 is 4.39 Å². The molecule has 3 heterocycles. The molecule has 4 atom stereocenters. The molecule has 4 rings (SSSR count). The standard InChI is InChI=1S/C20H22FN5O6/c1-20(21)14(32-19(28)30-9-11-6-4-3-5-7-11)12(8-27)31-17(20)26-10-23-13-15(26)24-18(22)25-16(13)29-2/h3-7,10,12,14,17,27H,8-9H2,1-2H3,(H2,22,24,25)/t12?,14-,17?,20-/m1/s1. The number of fused-ring (bicyclic) bond motifs is 1. The molecule has 1 aliphatic heterocycles. The predicted octanol–water partition coefficient (Wildman–Crippen LogP) is 1.76. The number of carbonyl (C=O) groups is 1. The van der Waals surface area contributed by atoms with Crippen LogP contribution in [0.2, 0.25) is 0 Å². The Morgan fingerprint density at radius 3 is 2.78 bits per heavy atom. The van der Waals surface area contributed by atoms with Crippen molar-refractivity contribution < 1.29 is 33.2 Å². The summed E-state index contributed by atoms with van der Waals surface area (Å²) in [6, 6.07) is 8.95. The van der Waals surface area contributed by atoms with Gasteiger partial charge in [-0.3, -0.25) is 4.57 Å². The monoisotopic (exact) mass is 447 g/mol. The fourth-order valence-corrected chi connectivity index (χ4v) is 3.62. The third kappa shape index (κ3) is 3.89. The lowest BCUT2D eigenvalue weighted by molar-refractivity contribution is -0.0575. The molecule has 1 saturated heterocycles. The highest BCUT2D eigenvalue weighted by atomic mass is 19.1. The van der Waals surface area contributed by atoms with Gasteiger partial charge in [0, 0.05) is 0 Å². The normalized spacial score (nSPS) is 25.1. The first-order valence-electron chi connectivity index (χ1n) is 9.71. The Labute approximate surface area is 181 Å². The molecule has 0 amide bonds. The van der Waals surface area contributed by atoms with Crippen LogP contribution in [0.15, 0.2) is 36.7 Å². The first-order chi connectivity index (χ1) is 15.3. The van der Waals surface area contributed by atoms with Crippen LogP contribution < -0.4 is 10.5 Å². The van der Waals surface area contributed by atoms with Gasteiger partial charge in [0.2, 0.25) is 11.8 Å². The molecule has 1 aromatic carbocycles. The summed E-state index contributed by atoms with van der Waals surface area (Å²) in [5.41, 5.74) is 4.58. The molecule has 0 bridgehead atoms. The molecule has 2 unspecified atom stereocenters. The van der Waals surface area contributed by atoms with E-state index in [0.717, 1.165) is 5.56 Å². The zero-order chi connectivity index (χ0) is 22.9. The van der Waals surface area contributed by atoms with Gasteiger partial charge in [0.05, 0.1) is 20.0 Å². The second kappa shape index (κ2) is 8.55. The summed E-state index contributed by atoms with van der Waals surface area (Å²) in [5.74, 6) is 0.00598. The highest BCUT2D eigenvalue weighted by Crippen LogP contribution is 2.44. The van der Waals surface area contributed by atoms with E-state index in [4.69, 9.17) is 24.7 Å². The molecule has 170 valence electrons. The number of rotatable bonds is 6. The summed E-state index contributed by atoms with van der Waals surface area (Å²) in [7, 11) is 1.39. The molecule has 3 aromatic rings. The number of hydrogen-bond donors (Lipinski definition) is 2. The number of benzene rings is 1. The molecule has 1 aliphatic rings. The molecule has 12 heteroatoms. The molecule has 0 spiro atoms. The number of carbonyl (C=O) groups excluding carboxylic acids is 1. The smallest absolute Gasteiger partial charge is 0.479 e. The molecular weight excluding hydrogens is 425 g/mol. The van der Waals surface area contributed by atoms with E-state index in [1.54, 1.807) is 24.3 Å². The zero-order valence-corrected chi connectivity index (χ0v) is 17.3. The number of alkyl halides is 1. The van der Waals surface area contributed by atoms with E-state index < -0.39 is 36.9 Å². The zero-order valence-electron chi connectivity index (χ0n) is 17.3. The number of anilines is 1. The molecule has 0 radical (unpaired) electrons. The Morgan fingerprint density at radius 1 is 1.34 bits per heavy atom. The Balaban J connectivity index is 1.57. The fraction of sp³-hybridized carbons (Fsp3) is 0.400. The van der Waals surface area contributed by atoms with Crippen molar-refractivity contribution in [3.63, 3.8) is 0 Å². The average Bonchev–Trinajstić information content (AvgIpc) is 3.30. The van der Waals surface area contributed by atoms with E-state index in [-0.39, 0.29) is 29.6 Å². The SMILES string of the molecule is COc1nc(N)nc2c1ncn2C1OC(CO)[C@@H](OC(=O)OCc2ccccc2)[C@@]1(C)F. The maximum Gasteiger partial charge on any atom is 0.509 e. The van der Waals surface area contributed by atoms with Crippen molar-refractivity contribution >= 4 is 23.3 Å². The summed E-state index contributed by atoms with van der Waals surface area (Å²) in [4.78, 5) is 24.4. The van der Waals surface area contributed by atoms with Crippen molar-refractivity contribution in [2.24, 2.45) is 0 Å². The van der Waals surface area contributed by atoms with Crippen LogP contribution in [0.5, 0.6) is 5.88 Å². The second-order valence-electron chi connectivity index (χ2n) is 7.34. The number of aliphatic hydroxyl groups is 1. The molecule has 1 fully saturated rings. The number of nitrogen functional groups attached to an aromatic ring is 1. The number of nitrogens with two attached hydrogens (primary N) is 1. The topological polar surface area (TPSA) is 144 Å². The van der Waals surface area contributed by atoms with Gasteiger partial charge in [-0.1, -0.05) is 30.3 Å². The van der Waals surface area contributed by atoms with E-state index in [0.29, 0.717) is 0 Å². The van der Waals surface area contributed by atoms with Gasteiger partial charge in [-0.15, -0.1) is 0 Å². The van der Waals surface area contributed by atoms with Gasteiger partial charge < -0.3 is 29.8 Å². The lowest BCUT2D eigenvalue weighted by Crippen LogP contribution is -2.44. The number of ether oxygens (including phenoxy) is 4. The maximum atomic E-state index is 16.0. The molecule has 2 aromatic heterocycles. The summed E-state index contributed by atoms with van der Waals surface area (Å²) >= 11 is 0. The summed E-state index contributed by atoms with van der Waals surface area (Å²) in [5, 5.41) is 9.73. The number of methoxy groups -OCH3 is 1. The third-order valence-corrected chi connectivity index (χ3v) is 5.14. The van der Waals surface area contributed by atoms with Crippen LogP contribution in [0.25, 0.3) is 11.2 Å². The molecule has 0 aliphatic carbocycles. The van der Waals surface area contributed by atoms with Crippen LogP contribution >= 0.6 is 0 Å². The molecule has 3 N–H and O–H groups in total. The number of halogens is 1. The van der Waals surface area contributed by atoms with Crippen LogP contribution in [0.1, 0.15) is 18.7 Å². The van der Waals surface area contributed by atoms with E-state index in [1.807, 2.05) is 6.07 Å². The lowest BCUT2D eigenvalue weighted by atomic mass is 9.98. The summed E-state index contributed by atoms with van der Waals surface area (Å²) < 4.78 is 38.4.